The first kappa shape index (κ1) is 16.0. The van der Waals surface area contributed by atoms with Crippen LogP contribution in [0.5, 0.6) is 0 Å². The molecule has 22 heavy (non-hydrogen) atoms. The van der Waals surface area contributed by atoms with Crippen molar-refractivity contribution in [2.24, 2.45) is 0 Å². The highest BCUT2D eigenvalue weighted by Gasteiger charge is 2.33. The first-order chi connectivity index (χ1) is 10.4. The zero-order valence-electron chi connectivity index (χ0n) is 11.9. The molecular weight excluding hydrogens is 297 g/mol. The summed E-state index contributed by atoms with van der Waals surface area (Å²) in [6.07, 6.45) is -1.11. The fourth-order valence-electron chi connectivity index (χ4n) is 1.81. The SMILES string of the molecule is CN(CCc1ccccn1)C(=O)Cn1ccc(C(F)(F)F)n1. The van der Waals surface area contributed by atoms with Crippen molar-refractivity contribution in [2.75, 3.05) is 13.6 Å². The average molecular weight is 312 g/mol. The lowest BCUT2D eigenvalue weighted by Crippen LogP contribution is -2.32. The molecule has 1 amide bonds. The summed E-state index contributed by atoms with van der Waals surface area (Å²) in [4.78, 5) is 17.5. The molecule has 2 aromatic rings. The van der Waals surface area contributed by atoms with Gasteiger partial charge in [0.05, 0.1) is 0 Å². The molecular formula is C14H15F3N4O. The van der Waals surface area contributed by atoms with Crippen LogP contribution in [0.4, 0.5) is 13.2 Å². The van der Waals surface area contributed by atoms with Crippen molar-refractivity contribution in [2.45, 2.75) is 19.1 Å². The molecule has 0 N–H and O–H groups in total. The highest BCUT2D eigenvalue weighted by atomic mass is 19.4. The van der Waals surface area contributed by atoms with Gasteiger partial charge < -0.3 is 4.90 Å². The highest BCUT2D eigenvalue weighted by molar-refractivity contribution is 5.75. The van der Waals surface area contributed by atoms with Crippen molar-refractivity contribution >= 4 is 5.91 Å². The number of carbonyl (C=O) groups excluding carboxylic acids is 1. The number of pyridine rings is 1. The molecule has 0 aliphatic heterocycles. The number of halogens is 3. The standard InChI is InChI=1S/C14H15F3N4O/c1-20(8-5-11-4-2-3-7-18-11)13(22)10-21-9-6-12(19-21)14(15,16)17/h2-4,6-7,9H,5,8,10H2,1H3. The van der Waals surface area contributed by atoms with Crippen molar-refractivity contribution in [1.29, 1.82) is 0 Å². The van der Waals surface area contributed by atoms with Crippen LogP contribution >= 0.6 is 0 Å². The van der Waals surface area contributed by atoms with E-state index in [-0.39, 0.29) is 12.5 Å². The lowest BCUT2D eigenvalue weighted by molar-refractivity contribution is -0.142. The number of aromatic nitrogens is 3. The van der Waals surface area contributed by atoms with Crippen LogP contribution in [0.15, 0.2) is 36.7 Å². The summed E-state index contributed by atoms with van der Waals surface area (Å²) in [5, 5.41) is 3.35. The van der Waals surface area contributed by atoms with Gasteiger partial charge in [-0.25, -0.2) is 0 Å². The van der Waals surface area contributed by atoms with Gasteiger partial charge in [0.2, 0.25) is 5.91 Å². The molecule has 0 spiro atoms. The Balaban J connectivity index is 1.87. The summed E-state index contributed by atoms with van der Waals surface area (Å²) in [6.45, 7) is 0.206. The molecule has 0 unspecified atom stereocenters. The third-order valence-corrected chi connectivity index (χ3v) is 3.08. The third-order valence-electron chi connectivity index (χ3n) is 3.08. The van der Waals surface area contributed by atoms with Crippen molar-refractivity contribution in [1.82, 2.24) is 19.7 Å². The Hall–Kier alpha value is -2.38. The zero-order chi connectivity index (χ0) is 16.2. The van der Waals surface area contributed by atoms with Gasteiger partial charge in [0.1, 0.15) is 6.54 Å². The molecule has 0 aromatic carbocycles. The minimum Gasteiger partial charge on any atom is -0.344 e. The second-order valence-electron chi connectivity index (χ2n) is 4.78. The maximum absolute atomic E-state index is 12.4. The Kier molecular flexibility index (Phi) is 4.79. The van der Waals surface area contributed by atoms with Crippen LogP contribution in [0.25, 0.3) is 0 Å². The van der Waals surface area contributed by atoms with Crippen molar-refractivity contribution in [3.05, 3.63) is 48.0 Å². The van der Waals surface area contributed by atoms with Crippen LogP contribution < -0.4 is 0 Å². The minimum absolute atomic E-state index is 0.227. The molecule has 0 aliphatic rings. The molecule has 0 aliphatic carbocycles. The maximum atomic E-state index is 12.4. The number of nitrogens with zero attached hydrogens (tertiary/aromatic N) is 4. The summed E-state index contributed by atoms with van der Waals surface area (Å²) in [6, 6.07) is 6.35. The van der Waals surface area contributed by atoms with Gasteiger partial charge in [-0.05, 0) is 18.2 Å². The monoisotopic (exact) mass is 312 g/mol. The molecule has 2 heterocycles. The van der Waals surface area contributed by atoms with Gasteiger partial charge in [-0.2, -0.15) is 18.3 Å². The fourth-order valence-corrected chi connectivity index (χ4v) is 1.81. The minimum atomic E-state index is -4.50. The summed E-state index contributed by atoms with van der Waals surface area (Å²) < 4.78 is 38.3. The second kappa shape index (κ2) is 6.59. The summed E-state index contributed by atoms with van der Waals surface area (Å²) in [7, 11) is 1.60. The smallest absolute Gasteiger partial charge is 0.344 e. The second-order valence-corrected chi connectivity index (χ2v) is 4.78. The topological polar surface area (TPSA) is 51.0 Å². The Morgan fingerprint density at radius 2 is 2.09 bits per heavy atom. The number of rotatable bonds is 5. The summed E-state index contributed by atoms with van der Waals surface area (Å²) >= 11 is 0. The Morgan fingerprint density at radius 1 is 1.32 bits per heavy atom. The number of alkyl halides is 3. The maximum Gasteiger partial charge on any atom is 0.435 e. The van der Waals surface area contributed by atoms with Crippen LogP contribution in [-0.2, 0) is 23.9 Å². The van der Waals surface area contributed by atoms with Crippen LogP contribution in [0.3, 0.4) is 0 Å². The van der Waals surface area contributed by atoms with E-state index < -0.39 is 11.9 Å². The summed E-state index contributed by atoms with van der Waals surface area (Å²) in [5.74, 6) is -0.312. The summed E-state index contributed by atoms with van der Waals surface area (Å²) in [5.41, 5.74) is -0.156. The van der Waals surface area contributed by atoms with Gasteiger partial charge >= 0.3 is 6.18 Å². The largest absolute Gasteiger partial charge is 0.435 e. The van der Waals surface area contributed by atoms with E-state index in [0.29, 0.717) is 13.0 Å². The number of hydrogen-bond acceptors (Lipinski definition) is 3. The van der Waals surface area contributed by atoms with E-state index in [1.54, 1.807) is 19.3 Å². The third kappa shape index (κ3) is 4.31. The highest BCUT2D eigenvalue weighted by Crippen LogP contribution is 2.27. The van der Waals surface area contributed by atoms with E-state index in [4.69, 9.17) is 0 Å². The van der Waals surface area contributed by atoms with Gasteiger partial charge in [-0.15, -0.1) is 0 Å². The Bertz CT molecular complexity index is 625. The van der Waals surface area contributed by atoms with E-state index in [0.717, 1.165) is 22.6 Å². The average Bonchev–Trinajstić information content (AvgIpc) is 2.94. The van der Waals surface area contributed by atoms with Crippen molar-refractivity contribution in [3.8, 4) is 0 Å². The van der Waals surface area contributed by atoms with Crippen LogP contribution in [-0.4, -0.2) is 39.2 Å². The van der Waals surface area contributed by atoms with E-state index in [1.165, 1.54) is 4.90 Å². The van der Waals surface area contributed by atoms with Gasteiger partial charge in [0.15, 0.2) is 5.69 Å². The van der Waals surface area contributed by atoms with Gasteiger partial charge in [0.25, 0.3) is 0 Å². The normalized spacial score (nSPS) is 11.5. The molecule has 5 nitrogen and oxygen atoms in total. The molecule has 8 heteroatoms. The number of hydrogen-bond donors (Lipinski definition) is 0. The molecule has 0 fully saturated rings. The number of amides is 1. The Morgan fingerprint density at radius 3 is 2.68 bits per heavy atom. The zero-order valence-corrected chi connectivity index (χ0v) is 11.9. The molecule has 2 rings (SSSR count). The van der Waals surface area contributed by atoms with Crippen LogP contribution in [0.1, 0.15) is 11.4 Å². The predicted octanol–water partition coefficient (Wildman–Crippen LogP) is 2.00. The van der Waals surface area contributed by atoms with Gasteiger partial charge in [-0.1, -0.05) is 6.07 Å². The molecule has 118 valence electrons. The Labute approximate surface area is 125 Å². The molecule has 2 aromatic heterocycles. The molecule has 0 radical (unpaired) electrons. The molecule has 0 saturated heterocycles. The van der Waals surface area contributed by atoms with E-state index in [1.807, 2.05) is 12.1 Å². The fraction of sp³-hybridized carbons (Fsp3) is 0.357. The lowest BCUT2D eigenvalue weighted by Gasteiger charge is -2.16. The molecule has 0 atom stereocenters. The van der Waals surface area contributed by atoms with E-state index >= 15 is 0 Å². The number of likely N-dealkylation sites (N-methyl/N-ethyl adjacent to an activating group) is 1. The first-order valence-corrected chi connectivity index (χ1v) is 6.61. The first-order valence-electron chi connectivity index (χ1n) is 6.61. The van der Waals surface area contributed by atoms with Crippen molar-refractivity contribution < 1.29 is 18.0 Å². The quantitative estimate of drug-likeness (QED) is 0.848. The number of carbonyl (C=O) groups is 1. The van der Waals surface area contributed by atoms with Crippen molar-refractivity contribution in [3.63, 3.8) is 0 Å². The van der Waals surface area contributed by atoms with Gasteiger partial charge in [0, 0.05) is 38.1 Å². The van der Waals surface area contributed by atoms with E-state index in [9.17, 15) is 18.0 Å². The van der Waals surface area contributed by atoms with Crippen LogP contribution in [0.2, 0.25) is 0 Å². The van der Waals surface area contributed by atoms with Gasteiger partial charge in [-0.3, -0.25) is 14.5 Å². The lowest BCUT2D eigenvalue weighted by atomic mass is 10.2. The predicted molar refractivity (Wildman–Crippen MR) is 72.8 cm³/mol. The molecule has 0 saturated carbocycles. The van der Waals surface area contributed by atoms with Crippen LogP contribution in [0, 0.1) is 0 Å². The van der Waals surface area contributed by atoms with E-state index in [2.05, 4.69) is 10.1 Å². The molecule has 0 bridgehead atoms.